The molecular formula is C23H25ClN2O4. The lowest BCUT2D eigenvalue weighted by Crippen LogP contribution is -2.50. The molecule has 1 N–H and O–H groups in total. The molecule has 6 nitrogen and oxygen atoms in total. The van der Waals surface area contributed by atoms with Crippen molar-refractivity contribution >= 4 is 29.4 Å². The van der Waals surface area contributed by atoms with Crippen molar-refractivity contribution in [2.24, 2.45) is 5.92 Å². The van der Waals surface area contributed by atoms with Crippen LogP contribution in [0.5, 0.6) is 0 Å². The van der Waals surface area contributed by atoms with Crippen molar-refractivity contribution in [2.75, 3.05) is 13.2 Å². The van der Waals surface area contributed by atoms with Crippen molar-refractivity contribution in [1.82, 2.24) is 10.2 Å². The molecular weight excluding hydrogens is 404 g/mol. The van der Waals surface area contributed by atoms with Crippen molar-refractivity contribution in [2.45, 2.75) is 32.9 Å². The van der Waals surface area contributed by atoms with Crippen molar-refractivity contribution in [3.05, 3.63) is 70.2 Å². The number of carbonyl (C=O) groups is 3. The van der Waals surface area contributed by atoms with E-state index in [4.69, 9.17) is 16.3 Å². The van der Waals surface area contributed by atoms with Gasteiger partial charge in [0.15, 0.2) is 6.61 Å². The molecule has 1 aliphatic rings. The molecule has 2 amide bonds. The van der Waals surface area contributed by atoms with Crippen LogP contribution in [0, 0.1) is 5.92 Å². The van der Waals surface area contributed by atoms with Gasteiger partial charge in [0.1, 0.15) is 6.04 Å². The van der Waals surface area contributed by atoms with E-state index < -0.39 is 12.0 Å². The highest BCUT2D eigenvalue weighted by atomic mass is 35.5. The molecule has 0 radical (unpaired) electrons. The van der Waals surface area contributed by atoms with Crippen LogP contribution in [0.4, 0.5) is 0 Å². The smallest absolute Gasteiger partial charge is 0.329 e. The van der Waals surface area contributed by atoms with E-state index in [1.165, 1.54) is 4.90 Å². The van der Waals surface area contributed by atoms with Crippen molar-refractivity contribution in [1.29, 1.82) is 0 Å². The van der Waals surface area contributed by atoms with Crippen LogP contribution < -0.4 is 5.32 Å². The van der Waals surface area contributed by atoms with Gasteiger partial charge in [-0.25, -0.2) is 4.79 Å². The van der Waals surface area contributed by atoms with Crippen LogP contribution in [-0.4, -0.2) is 41.9 Å². The molecule has 3 rings (SSSR count). The Balaban J connectivity index is 1.78. The van der Waals surface area contributed by atoms with Gasteiger partial charge >= 0.3 is 5.97 Å². The zero-order chi connectivity index (χ0) is 21.7. The molecule has 7 heteroatoms. The summed E-state index contributed by atoms with van der Waals surface area (Å²) >= 11 is 6.21. The number of rotatable bonds is 6. The first-order valence-electron chi connectivity index (χ1n) is 9.92. The number of fused-ring (bicyclic) bond motifs is 1. The minimum Gasteiger partial charge on any atom is -0.454 e. The Morgan fingerprint density at radius 3 is 2.47 bits per heavy atom. The van der Waals surface area contributed by atoms with E-state index in [1.54, 1.807) is 24.3 Å². The maximum Gasteiger partial charge on any atom is 0.329 e. The third-order valence-corrected chi connectivity index (χ3v) is 5.27. The standard InChI is InChI=1S/C23H25ClN2O4/c1-15(2)12-25-21(27)14-30-23(29)20-11-16-7-3-4-8-17(16)13-26(20)22(28)18-9-5-6-10-19(18)24/h3-10,15,20H,11-14H2,1-2H3,(H,25,27). The van der Waals surface area contributed by atoms with Crippen LogP contribution in [0.1, 0.15) is 35.3 Å². The predicted octanol–water partition coefficient (Wildman–Crippen LogP) is 3.22. The van der Waals surface area contributed by atoms with Gasteiger partial charge in [0.2, 0.25) is 0 Å². The SMILES string of the molecule is CC(C)CNC(=O)COC(=O)C1Cc2ccccc2CN1C(=O)c1ccccc1Cl. The summed E-state index contributed by atoms with van der Waals surface area (Å²) in [6, 6.07) is 13.6. The number of amides is 2. The first-order valence-corrected chi connectivity index (χ1v) is 10.3. The second-order valence-corrected chi connectivity index (χ2v) is 8.11. The highest BCUT2D eigenvalue weighted by Gasteiger charge is 2.36. The van der Waals surface area contributed by atoms with E-state index in [1.807, 2.05) is 38.1 Å². The number of benzene rings is 2. The summed E-state index contributed by atoms with van der Waals surface area (Å²) in [5.41, 5.74) is 2.27. The van der Waals surface area contributed by atoms with Gasteiger partial charge in [-0.15, -0.1) is 0 Å². The first kappa shape index (κ1) is 21.8. The third-order valence-electron chi connectivity index (χ3n) is 4.94. The molecule has 0 saturated carbocycles. The molecule has 0 aliphatic carbocycles. The Morgan fingerprint density at radius 2 is 1.77 bits per heavy atom. The van der Waals surface area contributed by atoms with Gasteiger partial charge in [0.25, 0.3) is 11.8 Å². The molecule has 2 aromatic rings. The van der Waals surface area contributed by atoms with Gasteiger partial charge in [-0.05, 0) is 29.2 Å². The van der Waals surface area contributed by atoms with Gasteiger partial charge in [0.05, 0.1) is 10.6 Å². The summed E-state index contributed by atoms with van der Waals surface area (Å²) in [5, 5.41) is 3.03. The number of ether oxygens (including phenoxy) is 1. The van der Waals surface area contributed by atoms with Crippen molar-refractivity contribution < 1.29 is 19.1 Å². The molecule has 1 heterocycles. The molecule has 1 unspecified atom stereocenters. The maximum absolute atomic E-state index is 13.2. The topological polar surface area (TPSA) is 75.7 Å². The van der Waals surface area contributed by atoms with Crippen LogP contribution in [0.2, 0.25) is 5.02 Å². The maximum atomic E-state index is 13.2. The number of hydrogen-bond acceptors (Lipinski definition) is 4. The zero-order valence-electron chi connectivity index (χ0n) is 17.1. The fraction of sp³-hybridized carbons (Fsp3) is 0.348. The fourth-order valence-corrected chi connectivity index (χ4v) is 3.55. The Hall–Kier alpha value is -2.86. The highest BCUT2D eigenvalue weighted by molar-refractivity contribution is 6.33. The lowest BCUT2D eigenvalue weighted by Gasteiger charge is -2.35. The Morgan fingerprint density at radius 1 is 1.10 bits per heavy atom. The number of nitrogens with one attached hydrogen (secondary N) is 1. The first-order chi connectivity index (χ1) is 14.4. The summed E-state index contributed by atoms with van der Waals surface area (Å²) in [6.07, 6.45) is 0.318. The molecule has 0 fully saturated rings. The normalized spacial score (nSPS) is 15.5. The van der Waals surface area contributed by atoms with Crippen LogP contribution in [0.3, 0.4) is 0 Å². The average molecular weight is 429 g/mol. The number of halogens is 1. The average Bonchev–Trinajstić information content (AvgIpc) is 2.75. The predicted molar refractivity (Wildman–Crippen MR) is 114 cm³/mol. The largest absolute Gasteiger partial charge is 0.454 e. The molecule has 1 aliphatic heterocycles. The van der Waals surface area contributed by atoms with Crippen LogP contribution >= 0.6 is 11.6 Å². The van der Waals surface area contributed by atoms with E-state index in [-0.39, 0.29) is 25.0 Å². The van der Waals surface area contributed by atoms with E-state index >= 15 is 0 Å². The quantitative estimate of drug-likeness (QED) is 0.717. The van der Waals surface area contributed by atoms with Gasteiger partial charge in [-0.2, -0.15) is 0 Å². The number of hydrogen-bond donors (Lipinski definition) is 1. The molecule has 1 atom stereocenters. The molecule has 0 spiro atoms. The molecule has 0 saturated heterocycles. The van der Waals surface area contributed by atoms with E-state index in [9.17, 15) is 14.4 Å². The van der Waals surface area contributed by atoms with Crippen LogP contribution in [0.25, 0.3) is 0 Å². The molecule has 158 valence electrons. The lowest BCUT2D eigenvalue weighted by atomic mass is 9.93. The van der Waals surface area contributed by atoms with Gasteiger partial charge < -0.3 is 15.0 Å². The minimum absolute atomic E-state index is 0.263. The summed E-state index contributed by atoms with van der Waals surface area (Å²) in [5.74, 6) is -1.02. The van der Waals surface area contributed by atoms with Crippen molar-refractivity contribution in [3.63, 3.8) is 0 Å². The second-order valence-electron chi connectivity index (χ2n) is 7.71. The highest BCUT2D eigenvalue weighted by Crippen LogP contribution is 2.27. The van der Waals surface area contributed by atoms with E-state index in [0.717, 1.165) is 11.1 Å². The zero-order valence-corrected chi connectivity index (χ0v) is 17.8. The number of esters is 1. The monoisotopic (exact) mass is 428 g/mol. The molecule has 30 heavy (non-hydrogen) atoms. The van der Waals surface area contributed by atoms with Crippen LogP contribution in [-0.2, 0) is 27.3 Å². The minimum atomic E-state index is -0.832. The third kappa shape index (κ3) is 5.19. The molecule has 0 aromatic heterocycles. The van der Waals surface area contributed by atoms with Gasteiger partial charge in [-0.1, -0.05) is 61.8 Å². The summed E-state index contributed by atoms with van der Waals surface area (Å²) < 4.78 is 5.26. The molecule has 2 aromatic carbocycles. The fourth-order valence-electron chi connectivity index (χ4n) is 3.34. The van der Waals surface area contributed by atoms with Crippen LogP contribution in [0.15, 0.2) is 48.5 Å². The Bertz CT molecular complexity index is 944. The van der Waals surface area contributed by atoms with E-state index in [2.05, 4.69) is 5.32 Å². The number of nitrogens with zero attached hydrogens (tertiary/aromatic N) is 1. The Labute approximate surface area is 181 Å². The van der Waals surface area contributed by atoms with Crippen molar-refractivity contribution in [3.8, 4) is 0 Å². The van der Waals surface area contributed by atoms with E-state index in [0.29, 0.717) is 29.5 Å². The molecule has 0 bridgehead atoms. The summed E-state index contributed by atoms with van der Waals surface area (Å²) in [7, 11) is 0. The second kappa shape index (κ2) is 9.76. The Kier molecular flexibility index (Phi) is 7.11. The van der Waals surface area contributed by atoms with Gasteiger partial charge in [-0.3, -0.25) is 9.59 Å². The lowest BCUT2D eigenvalue weighted by molar-refractivity contribution is -0.153. The summed E-state index contributed by atoms with van der Waals surface area (Å²) in [4.78, 5) is 39.5. The summed E-state index contributed by atoms with van der Waals surface area (Å²) in [6.45, 7) is 4.34. The number of carbonyl (C=O) groups excluding carboxylic acids is 3. The van der Waals surface area contributed by atoms with Gasteiger partial charge in [0, 0.05) is 19.5 Å².